The van der Waals surface area contributed by atoms with E-state index >= 15 is 0 Å². The van der Waals surface area contributed by atoms with Gasteiger partial charge >= 0.3 is 0 Å². The first-order chi connectivity index (χ1) is 6.77. The van der Waals surface area contributed by atoms with Crippen LogP contribution < -0.4 is 5.32 Å². The molecular weight excluding hydrogens is 223 g/mol. The van der Waals surface area contributed by atoms with Crippen molar-refractivity contribution in [1.82, 2.24) is 10.3 Å². The van der Waals surface area contributed by atoms with E-state index in [0.717, 1.165) is 18.7 Å². The second kappa shape index (κ2) is 4.45. The predicted octanol–water partition coefficient (Wildman–Crippen LogP) is 2.05. The number of nitrogens with zero attached hydrogens (tertiary/aromatic N) is 1. The molecule has 0 saturated carbocycles. The van der Waals surface area contributed by atoms with Crippen LogP contribution in [0.25, 0.3) is 0 Å². The summed E-state index contributed by atoms with van der Waals surface area (Å²) in [7, 11) is 0. The summed E-state index contributed by atoms with van der Waals surface area (Å²) in [5.74, 6) is 0. The van der Waals surface area contributed by atoms with Crippen molar-refractivity contribution < 1.29 is 4.74 Å². The number of aromatic nitrogens is 1. The van der Waals surface area contributed by atoms with E-state index < -0.39 is 0 Å². The maximum Gasteiger partial charge on any atom is 0.129 e. The highest BCUT2D eigenvalue weighted by molar-refractivity contribution is 6.32. The van der Waals surface area contributed by atoms with Gasteiger partial charge in [-0.25, -0.2) is 4.98 Å². The minimum absolute atomic E-state index is 0.122. The fourth-order valence-corrected chi connectivity index (χ4v) is 1.86. The molecule has 0 spiro atoms. The largest absolute Gasteiger partial charge is 0.378 e. The zero-order valence-corrected chi connectivity index (χ0v) is 8.98. The van der Waals surface area contributed by atoms with Crippen LogP contribution in [0.2, 0.25) is 10.2 Å². The summed E-state index contributed by atoms with van der Waals surface area (Å²) >= 11 is 11.8. The molecule has 0 bridgehead atoms. The number of hydrogen-bond acceptors (Lipinski definition) is 3. The molecule has 1 N–H and O–H groups in total. The lowest BCUT2D eigenvalue weighted by Gasteiger charge is -2.24. The van der Waals surface area contributed by atoms with Gasteiger partial charge < -0.3 is 10.1 Å². The number of halogens is 2. The van der Waals surface area contributed by atoms with E-state index in [4.69, 9.17) is 27.9 Å². The molecular formula is C9H10Cl2N2O. The lowest BCUT2D eigenvalue weighted by atomic mass is 10.1. The molecule has 1 fully saturated rings. The third-order valence-corrected chi connectivity index (χ3v) is 2.67. The molecule has 1 aliphatic heterocycles. The Morgan fingerprint density at radius 1 is 1.50 bits per heavy atom. The van der Waals surface area contributed by atoms with E-state index in [9.17, 15) is 0 Å². The molecule has 1 atom stereocenters. The van der Waals surface area contributed by atoms with Crippen LogP contribution in [0, 0.1) is 0 Å². The smallest absolute Gasteiger partial charge is 0.129 e. The molecule has 1 aliphatic rings. The van der Waals surface area contributed by atoms with E-state index in [-0.39, 0.29) is 6.04 Å². The minimum Gasteiger partial charge on any atom is -0.378 e. The standard InChI is InChI=1S/C9H10Cl2N2O/c10-7-4-13-9(11)3-6(7)8-5-14-2-1-12-8/h3-4,8,12H,1-2,5H2/t8-/m1/s1. The van der Waals surface area contributed by atoms with Crippen LogP contribution in [0.15, 0.2) is 12.3 Å². The fourth-order valence-electron chi connectivity index (χ4n) is 1.46. The van der Waals surface area contributed by atoms with Gasteiger partial charge in [-0.1, -0.05) is 23.2 Å². The average molecular weight is 233 g/mol. The highest BCUT2D eigenvalue weighted by Gasteiger charge is 2.18. The van der Waals surface area contributed by atoms with Crippen molar-refractivity contribution in [2.24, 2.45) is 0 Å². The van der Waals surface area contributed by atoms with Crippen molar-refractivity contribution in [3.05, 3.63) is 28.0 Å². The summed E-state index contributed by atoms with van der Waals surface area (Å²) in [5.41, 5.74) is 0.950. The number of pyridine rings is 1. The Morgan fingerprint density at radius 3 is 3.07 bits per heavy atom. The van der Waals surface area contributed by atoms with Crippen LogP contribution >= 0.6 is 23.2 Å². The van der Waals surface area contributed by atoms with Crippen molar-refractivity contribution in [2.75, 3.05) is 19.8 Å². The number of hydrogen-bond donors (Lipinski definition) is 1. The average Bonchev–Trinajstić information content (AvgIpc) is 2.23. The van der Waals surface area contributed by atoms with E-state index in [2.05, 4.69) is 10.3 Å². The highest BCUT2D eigenvalue weighted by atomic mass is 35.5. The zero-order valence-electron chi connectivity index (χ0n) is 7.46. The maximum atomic E-state index is 6.01. The van der Waals surface area contributed by atoms with Crippen LogP contribution in [0.3, 0.4) is 0 Å². The van der Waals surface area contributed by atoms with Crippen LogP contribution in [0.4, 0.5) is 0 Å². The molecule has 0 aliphatic carbocycles. The molecule has 0 radical (unpaired) electrons. The highest BCUT2D eigenvalue weighted by Crippen LogP contribution is 2.25. The zero-order chi connectivity index (χ0) is 9.97. The van der Waals surface area contributed by atoms with Crippen molar-refractivity contribution in [1.29, 1.82) is 0 Å². The Kier molecular flexibility index (Phi) is 3.23. The first-order valence-corrected chi connectivity index (χ1v) is 5.15. The molecule has 14 heavy (non-hydrogen) atoms. The SMILES string of the molecule is Clc1cc([C@H]2COCCN2)c(Cl)cn1. The Bertz CT molecular complexity index is 327. The van der Waals surface area contributed by atoms with Crippen molar-refractivity contribution >= 4 is 23.2 Å². The molecule has 0 aromatic carbocycles. The van der Waals surface area contributed by atoms with Gasteiger partial charge in [0.15, 0.2) is 0 Å². The lowest BCUT2D eigenvalue weighted by Crippen LogP contribution is -2.34. The molecule has 5 heteroatoms. The number of ether oxygens (including phenoxy) is 1. The first kappa shape index (κ1) is 10.2. The van der Waals surface area contributed by atoms with Gasteiger partial charge in [0.05, 0.1) is 24.3 Å². The predicted molar refractivity (Wildman–Crippen MR) is 55.8 cm³/mol. The van der Waals surface area contributed by atoms with Crippen molar-refractivity contribution in [3.63, 3.8) is 0 Å². The molecule has 2 rings (SSSR count). The van der Waals surface area contributed by atoms with Gasteiger partial charge in [0.2, 0.25) is 0 Å². The third kappa shape index (κ3) is 2.17. The number of morpholine rings is 1. The van der Waals surface area contributed by atoms with Crippen molar-refractivity contribution in [2.45, 2.75) is 6.04 Å². The fraction of sp³-hybridized carbons (Fsp3) is 0.444. The summed E-state index contributed by atoms with van der Waals surface area (Å²) in [6.45, 7) is 2.20. The Morgan fingerprint density at radius 2 is 2.36 bits per heavy atom. The van der Waals surface area contributed by atoms with E-state index in [1.54, 1.807) is 12.3 Å². The monoisotopic (exact) mass is 232 g/mol. The van der Waals surface area contributed by atoms with Crippen LogP contribution in [0.1, 0.15) is 11.6 Å². The molecule has 3 nitrogen and oxygen atoms in total. The van der Waals surface area contributed by atoms with Gasteiger partial charge in [0.25, 0.3) is 0 Å². The van der Waals surface area contributed by atoms with Crippen LogP contribution in [-0.2, 0) is 4.74 Å². The van der Waals surface area contributed by atoms with Crippen molar-refractivity contribution in [3.8, 4) is 0 Å². The minimum atomic E-state index is 0.122. The molecule has 1 aromatic rings. The Labute approximate surface area is 92.4 Å². The quantitative estimate of drug-likeness (QED) is 0.754. The summed E-state index contributed by atoms with van der Waals surface area (Å²) in [5, 5.41) is 4.39. The van der Waals surface area contributed by atoms with Gasteiger partial charge in [-0.3, -0.25) is 0 Å². The van der Waals surface area contributed by atoms with E-state index in [0.29, 0.717) is 16.8 Å². The molecule has 0 unspecified atom stereocenters. The first-order valence-electron chi connectivity index (χ1n) is 4.39. The molecule has 1 aromatic heterocycles. The van der Waals surface area contributed by atoms with E-state index in [1.807, 2.05) is 0 Å². The summed E-state index contributed by atoms with van der Waals surface area (Å²) < 4.78 is 5.35. The topological polar surface area (TPSA) is 34.1 Å². The molecule has 1 saturated heterocycles. The van der Waals surface area contributed by atoms with E-state index in [1.165, 1.54) is 0 Å². The molecule has 2 heterocycles. The number of rotatable bonds is 1. The second-order valence-corrected chi connectivity index (χ2v) is 3.90. The maximum absolute atomic E-state index is 6.01. The summed E-state index contributed by atoms with van der Waals surface area (Å²) in [4.78, 5) is 3.90. The molecule has 0 amide bonds. The Balaban J connectivity index is 2.24. The lowest BCUT2D eigenvalue weighted by molar-refractivity contribution is 0.0769. The van der Waals surface area contributed by atoms with Gasteiger partial charge in [-0.15, -0.1) is 0 Å². The van der Waals surface area contributed by atoms with Gasteiger partial charge in [-0.05, 0) is 11.6 Å². The van der Waals surface area contributed by atoms with Gasteiger partial charge in [0.1, 0.15) is 5.15 Å². The Hall–Kier alpha value is -0.350. The summed E-state index contributed by atoms with van der Waals surface area (Å²) in [6.07, 6.45) is 1.56. The third-order valence-electron chi connectivity index (χ3n) is 2.15. The molecule has 76 valence electrons. The normalized spacial score (nSPS) is 22.3. The van der Waals surface area contributed by atoms with Gasteiger partial charge in [0, 0.05) is 12.7 Å². The van der Waals surface area contributed by atoms with Gasteiger partial charge in [-0.2, -0.15) is 0 Å². The van der Waals surface area contributed by atoms with Crippen LogP contribution in [-0.4, -0.2) is 24.7 Å². The summed E-state index contributed by atoms with van der Waals surface area (Å²) in [6, 6.07) is 1.90. The number of nitrogens with one attached hydrogen (secondary N) is 1. The van der Waals surface area contributed by atoms with Crippen LogP contribution in [0.5, 0.6) is 0 Å². The second-order valence-electron chi connectivity index (χ2n) is 3.11.